The molecule has 0 aliphatic heterocycles. The average molecular weight is 377 g/mol. The van der Waals surface area contributed by atoms with Crippen LogP contribution in [-0.4, -0.2) is 31.2 Å². The summed E-state index contributed by atoms with van der Waals surface area (Å²) in [7, 11) is -3.72. The maximum Gasteiger partial charge on any atom is 0.283 e. The summed E-state index contributed by atoms with van der Waals surface area (Å²) in [6.45, 7) is 10.3. The lowest BCUT2D eigenvalue weighted by molar-refractivity contribution is 0.288. The topological polar surface area (TPSA) is 49.7 Å². The molecule has 1 aromatic rings. The molecule has 144 valence electrons. The second kappa shape index (κ2) is 8.85. The van der Waals surface area contributed by atoms with Gasteiger partial charge in [0.1, 0.15) is 5.84 Å². The molecular formula is C21H32N2O2S. The van der Waals surface area contributed by atoms with E-state index in [4.69, 9.17) is 0 Å². The Kier molecular flexibility index (Phi) is 7.04. The number of sulfonamides is 1. The van der Waals surface area contributed by atoms with E-state index in [9.17, 15) is 8.42 Å². The van der Waals surface area contributed by atoms with Gasteiger partial charge in [0.15, 0.2) is 0 Å². The van der Waals surface area contributed by atoms with Crippen molar-refractivity contribution in [2.24, 2.45) is 4.40 Å². The Bertz CT molecular complexity index is 752. The largest absolute Gasteiger partial charge is 0.354 e. The summed E-state index contributed by atoms with van der Waals surface area (Å²) in [4.78, 5) is 2.38. The fourth-order valence-corrected chi connectivity index (χ4v) is 4.55. The number of hydrogen-bond donors (Lipinski definition) is 0. The number of amidine groups is 1. The summed E-state index contributed by atoms with van der Waals surface area (Å²) in [6.07, 6.45) is 7.38. The van der Waals surface area contributed by atoms with E-state index in [-0.39, 0.29) is 17.0 Å². The van der Waals surface area contributed by atoms with Crippen LogP contribution in [0.1, 0.15) is 65.4 Å². The Morgan fingerprint density at radius 3 is 2.19 bits per heavy atom. The van der Waals surface area contributed by atoms with Gasteiger partial charge >= 0.3 is 0 Å². The monoisotopic (exact) mass is 376 g/mol. The summed E-state index contributed by atoms with van der Waals surface area (Å²) >= 11 is 0. The second-order valence-corrected chi connectivity index (χ2v) is 9.28. The van der Waals surface area contributed by atoms with Gasteiger partial charge < -0.3 is 4.90 Å². The van der Waals surface area contributed by atoms with E-state index in [0.29, 0.717) is 12.3 Å². The van der Waals surface area contributed by atoms with Gasteiger partial charge in [0, 0.05) is 18.5 Å². The van der Waals surface area contributed by atoms with E-state index in [0.717, 1.165) is 18.4 Å². The van der Waals surface area contributed by atoms with Crippen LogP contribution in [0.2, 0.25) is 0 Å². The third kappa shape index (κ3) is 5.44. The van der Waals surface area contributed by atoms with Crippen LogP contribution < -0.4 is 0 Å². The lowest BCUT2D eigenvalue weighted by Crippen LogP contribution is -2.42. The van der Waals surface area contributed by atoms with E-state index in [1.165, 1.54) is 18.4 Å². The van der Waals surface area contributed by atoms with Gasteiger partial charge in [0.2, 0.25) is 0 Å². The van der Waals surface area contributed by atoms with Crippen LogP contribution in [-0.2, 0) is 10.0 Å². The van der Waals surface area contributed by atoms with Gasteiger partial charge in [-0.25, -0.2) is 0 Å². The minimum Gasteiger partial charge on any atom is -0.354 e. The quantitative estimate of drug-likeness (QED) is 0.395. The number of benzene rings is 1. The molecule has 0 unspecified atom stereocenters. The summed E-state index contributed by atoms with van der Waals surface area (Å²) < 4.78 is 30.1. The predicted molar refractivity (Wildman–Crippen MR) is 109 cm³/mol. The molecule has 5 heteroatoms. The zero-order chi connectivity index (χ0) is 19.3. The molecule has 0 atom stereocenters. The maximum absolute atomic E-state index is 12.9. The Balaban J connectivity index is 2.45. The highest BCUT2D eigenvalue weighted by Gasteiger charge is 2.23. The Labute approximate surface area is 159 Å². The molecule has 4 nitrogen and oxygen atoms in total. The number of allylic oxidation sites excluding steroid dienone is 1. The molecule has 0 radical (unpaired) electrons. The minimum atomic E-state index is -3.72. The van der Waals surface area contributed by atoms with Crippen LogP contribution >= 0.6 is 0 Å². The van der Waals surface area contributed by atoms with Crippen molar-refractivity contribution in [3.63, 3.8) is 0 Å². The van der Waals surface area contributed by atoms with Gasteiger partial charge in [-0.15, -0.1) is 4.40 Å². The molecule has 1 aliphatic carbocycles. The highest BCUT2D eigenvalue weighted by atomic mass is 32.2. The molecule has 0 bridgehead atoms. The van der Waals surface area contributed by atoms with Crippen LogP contribution in [0, 0.1) is 6.92 Å². The average Bonchev–Trinajstić information content (AvgIpc) is 2.55. The van der Waals surface area contributed by atoms with E-state index in [1.807, 2.05) is 19.1 Å². The third-order valence-electron chi connectivity index (χ3n) is 4.73. The minimum absolute atomic E-state index is 0.186. The molecular weight excluding hydrogens is 344 g/mol. The van der Waals surface area contributed by atoms with Crippen molar-refractivity contribution < 1.29 is 8.42 Å². The summed E-state index contributed by atoms with van der Waals surface area (Å²) in [6, 6.07) is 7.28. The lowest BCUT2D eigenvalue weighted by Gasteiger charge is -2.34. The van der Waals surface area contributed by atoms with Crippen molar-refractivity contribution in [2.75, 3.05) is 0 Å². The fraction of sp³-hybridized carbons (Fsp3) is 0.571. The number of rotatable bonds is 6. The number of nitrogens with zero attached hydrogens (tertiary/aromatic N) is 2. The van der Waals surface area contributed by atoms with E-state index in [1.54, 1.807) is 12.1 Å². The molecule has 1 aromatic carbocycles. The van der Waals surface area contributed by atoms with Crippen LogP contribution in [0.5, 0.6) is 0 Å². The molecule has 0 heterocycles. The first-order valence-electron chi connectivity index (χ1n) is 9.57. The fourth-order valence-electron chi connectivity index (χ4n) is 3.53. The molecule has 0 N–H and O–H groups in total. The van der Waals surface area contributed by atoms with Gasteiger partial charge in [0.25, 0.3) is 10.0 Å². The van der Waals surface area contributed by atoms with Gasteiger partial charge in [-0.2, -0.15) is 8.42 Å². The first kappa shape index (κ1) is 20.7. The molecule has 0 amide bonds. The number of aryl methyl sites for hydroxylation is 1. The van der Waals surface area contributed by atoms with Crippen LogP contribution in [0.25, 0.3) is 0 Å². The normalized spacial score (nSPS) is 16.1. The van der Waals surface area contributed by atoms with Crippen LogP contribution in [0.4, 0.5) is 0 Å². The molecule has 2 rings (SSSR count). The van der Waals surface area contributed by atoms with Gasteiger partial charge in [-0.3, -0.25) is 0 Å². The molecule has 26 heavy (non-hydrogen) atoms. The summed E-state index contributed by atoms with van der Waals surface area (Å²) in [5.74, 6) is 0.656. The van der Waals surface area contributed by atoms with Gasteiger partial charge in [-0.05, 0) is 72.4 Å². The first-order valence-corrected chi connectivity index (χ1v) is 11.0. The Morgan fingerprint density at radius 1 is 1.08 bits per heavy atom. The zero-order valence-corrected chi connectivity index (χ0v) is 17.5. The SMILES string of the molecule is Cc1ccc(S(=O)(=O)/N=C(\CC2=CCCCC2)N(C(C)C)C(C)C)cc1. The van der Waals surface area contributed by atoms with E-state index < -0.39 is 10.0 Å². The Morgan fingerprint density at radius 2 is 1.69 bits per heavy atom. The van der Waals surface area contributed by atoms with Gasteiger partial charge in [-0.1, -0.05) is 29.3 Å². The van der Waals surface area contributed by atoms with Crippen molar-refractivity contribution in [1.82, 2.24) is 4.90 Å². The first-order chi connectivity index (χ1) is 12.2. The summed E-state index contributed by atoms with van der Waals surface area (Å²) in [5.41, 5.74) is 2.34. The lowest BCUT2D eigenvalue weighted by atomic mass is 9.96. The van der Waals surface area contributed by atoms with Crippen LogP contribution in [0.15, 0.2) is 45.2 Å². The van der Waals surface area contributed by atoms with Crippen molar-refractivity contribution in [1.29, 1.82) is 0 Å². The maximum atomic E-state index is 12.9. The van der Waals surface area contributed by atoms with E-state index >= 15 is 0 Å². The van der Waals surface area contributed by atoms with Crippen molar-refractivity contribution in [3.05, 3.63) is 41.5 Å². The summed E-state index contributed by atoms with van der Waals surface area (Å²) in [5, 5.41) is 0. The second-order valence-electron chi connectivity index (χ2n) is 7.68. The molecule has 0 fully saturated rings. The van der Waals surface area contributed by atoms with Crippen molar-refractivity contribution in [2.45, 2.75) is 83.7 Å². The standard InChI is InChI=1S/C21H32N2O2S/c1-16(2)23(17(3)4)21(15-19-9-7-6-8-10-19)22-26(24,25)20-13-11-18(5)12-14-20/h9,11-14,16-17H,6-8,10,15H2,1-5H3/b22-21+. The molecule has 0 spiro atoms. The zero-order valence-electron chi connectivity index (χ0n) is 16.7. The highest BCUT2D eigenvalue weighted by Crippen LogP contribution is 2.24. The molecule has 0 aromatic heterocycles. The predicted octanol–water partition coefficient (Wildman–Crippen LogP) is 5.09. The molecule has 0 saturated carbocycles. The molecule has 0 saturated heterocycles. The van der Waals surface area contributed by atoms with E-state index in [2.05, 4.69) is 43.1 Å². The third-order valence-corrected chi connectivity index (χ3v) is 6.04. The van der Waals surface area contributed by atoms with Gasteiger partial charge in [0.05, 0.1) is 4.90 Å². The molecule has 1 aliphatic rings. The smallest absolute Gasteiger partial charge is 0.283 e. The van der Waals surface area contributed by atoms with Crippen molar-refractivity contribution >= 4 is 15.9 Å². The number of hydrogen-bond acceptors (Lipinski definition) is 2. The van der Waals surface area contributed by atoms with Crippen LogP contribution in [0.3, 0.4) is 0 Å². The van der Waals surface area contributed by atoms with Crippen molar-refractivity contribution in [3.8, 4) is 0 Å². The highest BCUT2D eigenvalue weighted by molar-refractivity contribution is 7.90. The Hall–Kier alpha value is -1.62.